The number of Topliss-reactive ketones (excluding diaryl/α,β-unsaturated/α-hetero) is 1. The summed E-state index contributed by atoms with van der Waals surface area (Å²) in [6.07, 6.45) is -7.99. The minimum absolute atomic E-state index is 0.0787. The molecule has 4 aliphatic rings. The lowest BCUT2D eigenvalue weighted by atomic mass is 9.44. The summed E-state index contributed by atoms with van der Waals surface area (Å²) >= 11 is 0. The highest BCUT2D eigenvalue weighted by atomic mass is 16.6. The second-order valence-electron chi connectivity index (χ2n) is 17.7. The van der Waals surface area contributed by atoms with E-state index in [1.165, 1.54) is 26.0 Å². The van der Waals surface area contributed by atoms with Crippen LogP contribution in [0.1, 0.15) is 93.6 Å². The fourth-order valence-corrected chi connectivity index (χ4v) is 10.4. The minimum Gasteiger partial charge on any atom is -0.457 e. The molecule has 1 heterocycles. The largest absolute Gasteiger partial charge is 0.457 e. The number of hydrogen-bond acceptors (Lipinski definition) is 13. The van der Waals surface area contributed by atoms with Crippen LogP contribution in [0.5, 0.6) is 0 Å². The average Bonchev–Trinajstić information content (AvgIpc) is 3.24. The first-order valence-electron chi connectivity index (χ1n) is 20.8. The Morgan fingerprint density at radius 2 is 1.40 bits per heavy atom. The van der Waals surface area contributed by atoms with Crippen molar-refractivity contribution >= 4 is 35.6 Å². The number of fused-ring (bicyclic) bond motifs is 5. The summed E-state index contributed by atoms with van der Waals surface area (Å²) in [5, 5.41) is 28.8. The molecular weight excluding hydrogens is 799 g/mol. The van der Waals surface area contributed by atoms with Gasteiger partial charge in [-0.25, -0.2) is 4.79 Å². The van der Waals surface area contributed by atoms with Gasteiger partial charge in [0.25, 0.3) is 5.91 Å². The van der Waals surface area contributed by atoms with Crippen molar-refractivity contribution in [2.45, 2.75) is 109 Å². The van der Waals surface area contributed by atoms with Crippen LogP contribution < -0.4 is 5.32 Å². The second-order valence-corrected chi connectivity index (χ2v) is 17.7. The van der Waals surface area contributed by atoms with E-state index in [1.807, 2.05) is 0 Å². The maximum Gasteiger partial charge on any atom is 0.338 e. The van der Waals surface area contributed by atoms with Gasteiger partial charge in [-0.2, -0.15) is 0 Å². The van der Waals surface area contributed by atoms with Crippen molar-refractivity contribution in [3.63, 3.8) is 0 Å². The molecule has 328 valence electrons. The number of carbonyl (C=O) groups is 6. The number of esters is 4. The highest BCUT2D eigenvalue weighted by molar-refractivity contribution is 5.96. The summed E-state index contributed by atoms with van der Waals surface area (Å²) in [6, 6.07) is 24.5. The molecular formula is C48H53NO13. The van der Waals surface area contributed by atoms with Crippen LogP contribution in [0.2, 0.25) is 0 Å². The highest BCUT2D eigenvalue weighted by Crippen LogP contribution is 2.64. The molecule has 1 aliphatic heterocycles. The number of carbonyl (C=O) groups excluding carboxylic acids is 6. The predicted molar refractivity (Wildman–Crippen MR) is 221 cm³/mol. The van der Waals surface area contributed by atoms with E-state index >= 15 is 4.79 Å². The number of aliphatic hydroxyl groups is 2. The van der Waals surface area contributed by atoms with Gasteiger partial charge in [0, 0.05) is 37.7 Å². The number of rotatable bonds is 10. The fourth-order valence-electron chi connectivity index (χ4n) is 10.4. The Morgan fingerprint density at radius 1 is 0.823 bits per heavy atom. The third-order valence-corrected chi connectivity index (χ3v) is 13.8. The Bertz CT molecular complexity index is 2280. The van der Waals surface area contributed by atoms with Crippen LogP contribution in [0, 0.1) is 22.7 Å². The summed E-state index contributed by atoms with van der Waals surface area (Å²) in [7, 11) is 0. The smallest absolute Gasteiger partial charge is 0.338 e. The van der Waals surface area contributed by atoms with Crippen LogP contribution >= 0.6 is 0 Å². The van der Waals surface area contributed by atoms with Crippen LogP contribution in [-0.4, -0.2) is 94.1 Å². The van der Waals surface area contributed by atoms with Gasteiger partial charge in [0.05, 0.1) is 41.6 Å². The molecule has 7 rings (SSSR count). The zero-order valence-electron chi connectivity index (χ0n) is 35.8. The molecule has 14 nitrogen and oxygen atoms in total. The van der Waals surface area contributed by atoms with Gasteiger partial charge in [-0.15, -0.1) is 0 Å². The maximum absolute atomic E-state index is 15.5. The van der Waals surface area contributed by atoms with Crippen LogP contribution in [0.4, 0.5) is 0 Å². The summed E-state index contributed by atoms with van der Waals surface area (Å²) in [5.41, 5.74) is -6.21. The molecule has 11 atom stereocenters. The molecule has 3 aromatic rings. The SMILES string of the molecule is CC(=O)O[C@H]1C(=O)[C@@]2(C)[C@H]([C@H](OC(=O)c3ccccc3)[C@]3(O)C[C@H](OC(=O)[C@H](C)[C@@H](NC(=O)c4ccccc4)c4ccccc4)C(C)=C1C3(C)C)[C@]1(OC(C)=O)CO[C@@H]1C[C@@H]2O. The maximum atomic E-state index is 15.5. The van der Waals surface area contributed by atoms with Crippen LogP contribution in [0.3, 0.4) is 0 Å². The van der Waals surface area contributed by atoms with Crippen molar-refractivity contribution in [3.05, 3.63) is 119 Å². The first-order valence-corrected chi connectivity index (χ1v) is 20.8. The first-order chi connectivity index (χ1) is 29.3. The van der Waals surface area contributed by atoms with Crippen molar-refractivity contribution in [3.8, 4) is 0 Å². The number of ether oxygens (including phenoxy) is 5. The summed E-state index contributed by atoms with van der Waals surface area (Å²) in [5.74, 6) is -7.07. The van der Waals surface area contributed by atoms with Gasteiger partial charge in [-0.1, -0.05) is 80.6 Å². The van der Waals surface area contributed by atoms with Gasteiger partial charge < -0.3 is 39.2 Å². The monoisotopic (exact) mass is 851 g/mol. The zero-order chi connectivity index (χ0) is 44.9. The molecule has 62 heavy (non-hydrogen) atoms. The van der Waals surface area contributed by atoms with Crippen molar-refractivity contribution in [1.29, 1.82) is 0 Å². The van der Waals surface area contributed by atoms with E-state index < -0.39 is 112 Å². The third-order valence-electron chi connectivity index (χ3n) is 13.8. The molecule has 2 bridgehead atoms. The number of hydrogen-bond donors (Lipinski definition) is 3. The van der Waals surface area contributed by atoms with E-state index in [-0.39, 0.29) is 29.7 Å². The van der Waals surface area contributed by atoms with Crippen molar-refractivity contribution < 1.29 is 62.7 Å². The van der Waals surface area contributed by atoms with Gasteiger partial charge in [0.2, 0.25) is 0 Å². The fraction of sp³-hybridized carbons (Fsp3) is 0.458. The molecule has 1 amide bonds. The van der Waals surface area contributed by atoms with Crippen LogP contribution in [-0.2, 0) is 42.9 Å². The molecule has 14 heteroatoms. The van der Waals surface area contributed by atoms with E-state index in [0.717, 1.165) is 6.92 Å². The van der Waals surface area contributed by atoms with E-state index in [0.29, 0.717) is 11.1 Å². The second kappa shape index (κ2) is 16.5. The average molecular weight is 852 g/mol. The summed E-state index contributed by atoms with van der Waals surface area (Å²) in [6.45, 7) is 9.87. The lowest BCUT2D eigenvalue weighted by Gasteiger charge is -2.67. The molecule has 1 saturated heterocycles. The Hall–Kier alpha value is -5.70. The molecule has 0 aromatic heterocycles. The number of nitrogens with one attached hydrogen (secondary N) is 1. The van der Waals surface area contributed by atoms with E-state index in [1.54, 1.807) is 107 Å². The number of ketones is 1. The molecule has 0 radical (unpaired) electrons. The normalized spacial score (nSPS) is 31.9. The molecule has 3 N–H and O–H groups in total. The van der Waals surface area contributed by atoms with Gasteiger partial charge in [-0.05, 0) is 61.7 Å². The van der Waals surface area contributed by atoms with Crippen LogP contribution in [0.25, 0.3) is 0 Å². The van der Waals surface area contributed by atoms with E-state index in [4.69, 9.17) is 23.7 Å². The number of benzene rings is 3. The van der Waals surface area contributed by atoms with Crippen molar-refractivity contribution in [1.82, 2.24) is 5.32 Å². The Labute approximate surface area is 359 Å². The summed E-state index contributed by atoms with van der Waals surface area (Å²) in [4.78, 5) is 83.9. The molecule has 2 saturated carbocycles. The highest BCUT2D eigenvalue weighted by Gasteiger charge is 2.78. The molecule has 3 aromatic carbocycles. The van der Waals surface area contributed by atoms with Crippen molar-refractivity contribution in [2.24, 2.45) is 22.7 Å². The Balaban J connectivity index is 1.39. The minimum atomic E-state index is -2.31. The Morgan fingerprint density at radius 3 is 1.95 bits per heavy atom. The standard InChI is InChI=1S/C48H53NO13/c1-26-33(60-43(55)27(2)37(30-17-11-8-12-18-30)49-42(54)31-19-13-9-14-20-31)24-48(57)41(61-44(56)32-21-15-10-16-22-32)39-46(7,34(52)23-35-47(39,25-58-35)62-29(4)51)40(53)38(59-28(3)50)36(26)45(48,5)6/h8-22,27,33-35,37-39,41,52,57H,23-25H2,1-7H3,(H,49,54)/t27-,33+,34+,35-,37-,38-,39+,41+,46-,47+,48-/m1/s1. The predicted octanol–water partition coefficient (Wildman–Crippen LogP) is 5.01. The topological polar surface area (TPSA) is 201 Å². The third kappa shape index (κ3) is 7.31. The molecule has 3 aliphatic carbocycles. The molecule has 0 unspecified atom stereocenters. The molecule has 0 spiro atoms. The first kappa shape index (κ1) is 44.4. The quantitative estimate of drug-likeness (QED) is 0.140. The molecule has 3 fully saturated rings. The summed E-state index contributed by atoms with van der Waals surface area (Å²) < 4.78 is 30.7. The van der Waals surface area contributed by atoms with Gasteiger partial charge in [0.1, 0.15) is 23.9 Å². The van der Waals surface area contributed by atoms with Gasteiger partial charge in [-0.3, -0.25) is 24.0 Å². The van der Waals surface area contributed by atoms with Crippen LogP contribution in [0.15, 0.2) is 102 Å². The van der Waals surface area contributed by atoms with Crippen molar-refractivity contribution in [2.75, 3.05) is 6.61 Å². The van der Waals surface area contributed by atoms with Gasteiger partial charge in [0.15, 0.2) is 17.5 Å². The van der Waals surface area contributed by atoms with E-state index in [9.17, 15) is 34.2 Å². The number of amides is 1. The Kier molecular flexibility index (Phi) is 11.8. The van der Waals surface area contributed by atoms with E-state index in [2.05, 4.69) is 5.32 Å². The number of aliphatic hydroxyl groups excluding tert-OH is 1. The zero-order valence-corrected chi connectivity index (χ0v) is 35.8. The lowest BCUT2D eigenvalue weighted by Crippen LogP contribution is -2.82. The van der Waals surface area contributed by atoms with Gasteiger partial charge >= 0.3 is 23.9 Å². The lowest BCUT2D eigenvalue weighted by molar-refractivity contribution is -0.346.